The summed E-state index contributed by atoms with van der Waals surface area (Å²) >= 11 is 4.30. The molecule has 1 N–H and O–H groups in total. The van der Waals surface area contributed by atoms with E-state index in [1.165, 1.54) is 17.2 Å². The molecule has 0 saturated heterocycles. The molecular formula is C13H16BrNO3S2. The summed E-state index contributed by atoms with van der Waals surface area (Å²) in [4.78, 5) is 12.1. The molecule has 0 radical (unpaired) electrons. The van der Waals surface area contributed by atoms with Crippen LogP contribution in [0.1, 0.15) is 33.1 Å². The van der Waals surface area contributed by atoms with Gasteiger partial charge in [0, 0.05) is 15.8 Å². The van der Waals surface area contributed by atoms with E-state index in [0.717, 1.165) is 17.8 Å². The number of hydrogen-bond acceptors (Lipinski definition) is 4. The van der Waals surface area contributed by atoms with Crippen molar-refractivity contribution in [3.8, 4) is 0 Å². The molecule has 1 aromatic rings. The van der Waals surface area contributed by atoms with Crippen LogP contribution in [-0.2, 0) is 14.8 Å². The second kappa shape index (κ2) is 5.99. The molecule has 1 aromatic heterocycles. The normalized spacial score (nSPS) is 20.1. The van der Waals surface area contributed by atoms with Gasteiger partial charge >= 0.3 is 0 Å². The van der Waals surface area contributed by atoms with Crippen molar-refractivity contribution < 1.29 is 13.2 Å². The summed E-state index contributed by atoms with van der Waals surface area (Å²) in [6.45, 7) is 4.06. The van der Waals surface area contributed by atoms with Crippen molar-refractivity contribution in [2.75, 3.05) is 0 Å². The number of carbonyl (C=O) groups is 1. The number of carbonyl (C=O) groups excluding carboxylic acids is 1. The standard InChI is InChI=1S/C13H16BrNO3S2/c1-8-3-4-10(5-9(8)2)13(16)15-20(17,18)12-6-11(14)7-19-12/h6-7,10H,3-5H2,1-2H3,(H,15,16). The minimum absolute atomic E-state index is 0.150. The lowest BCUT2D eigenvalue weighted by Gasteiger charge is -2.23. The van der Waals surface area contributed by atoms with E-state index in [9.17, 15) is 13.2 Å². The molecule has 0 saturated carbocycles. The van der Waals surface area contributed by atoms with Crippen LogP contribution in [-0.4, -0.2) is 14.3 Å². The Bertz CT molecular complexity index is 661. The van der Waals surface area contributed by atoms with Crippen LogP contribution in [0.25, 0.3) is 0 Å². The Kier molecular flexibility index (Phi) is 4.71. The largest absolute Gasteiger partial charge is 0.274 e. The van der Waals surface area contributed by atoms with Crippen LogP contribution < -0.4 is 4.72 Å². The number of allylic oxidation sites excluding steroid dienone is 2. The fourth-order valence-corrected chi connectivity index (χ4v) is 5.07. The van der Waals surface area contributed by atoms with E-state index in [1.807, 2.05) is 6.92 Å². The zero-order valence-corrected chi connectivity index (χ0v) is 14.5. The van der Waals surface area contributed by atoms with Gasteiger partial charge in [-0.15, -0.1) is 11.3 Å². The van der Waals surface area contributed by atoms with Crippen molar-refractivity contribution in [3.63, 3.8) is 0 Å². The predicted octanol–water partition coefficient (Wildman–Crippen LogP) is 3.45. The number of rotatable bonds is 3. The second-order valence-corrected chi connectivity index (χ2v) is 8.79. The summed E-state index contributed by atoms with van der Waals surface area (Å²) in [5.41, 5.74) is 2.49. The Balaban J connectivity index is 2.09. The first-order valence-electron chi connectivity index (χ1n) is 6.25. The summed E-state index contributed by atoms with van der Waals surface area (Å²) in [6.07, 6.45) is 2.20. The van der Waals surface area contributed by atoms with Crippen LogP contribution in [0.15, 0.2) is 31.3 Å². The Morgan fingerprint density at radius 3 is 2.65 bits per heavy atom. The lowest BCUT2D eigenvalue weighted by atomic mass is 9.85. The van der Waals surface area contributed by atoms with Gasteiger partial charge in [0.1, 0.15) is 4.21 Å². The minimum Gasteiger partial charge on any atom is -0.274 e. The van der Waals surface area contributed by atoms with E-state index < -0.39 is 15.9 Å². The van der Waals surface area contributed by atoms with Gasteiger partial charge in [-0.3, -0.25) is 4.79 Å². The average molecular weight is 378 g/mol. The Hall–Kier alpha value is -0.660. The topological polar surface area (TPSA) is 63.2 Å². The van der Waals surface area contributed by atoms with Crippen LogP contribution in [0.4, 0.5) is 0 Å². The Labute approximate surface area is 131 Å². The Morgan fingerprint density at radius 2 is 2.10 bits per heavy atom. The highest BCUT2D eigenvalue weighted by molar-refractivity contribution is 9.10. The van der Waals surface area contributed by atoms with E-state index in [4.69, 9.17) is 0 Å². The predicted molar refractivity (Wildman–Crippen MR) is 83.1 cm³/mol. The Morgan fingerprint density at radius 1 is 1.40 bits per heavy atom. The summed E-state index contributed by atoms with van der Waals surface area (Å²) in [6, 6.07) is 1.50. The fourth-order valence-electron chi connectivity index (χ4n) is 2.18. The van der Waals surface area contributed by atoms with Crippen molar-refractivity contribution in [3.05, 3.63) is 27.1 Å². The van der Waals surface area contributed by atoms with Crippen LogP contribution in [0.2, 0.25) is 0 Å². The maximum atomic E-state index is 12.1. The molecule has 1 atom stereocenters. The monoisotopic (exact) mass is 377 g/mol. The number of amides is 1. The molecule has 1 unspecified atom stereocenters. The number of thiophene rings is 1. The number of halogens is 1. The molecule has 7 heteroatoms. The molecule has 1 heterocycles. The summed E-state index contributed by atoms with van der Waals surface area (Å²) < 4.78 is 27.2. The third kappa shape index (κ3) is 3.51. The third-order valence-corrected chi connectivity index (χ3v) is 7.11. The van der Waals surface area contributed by atoms with Crippen molar-refractivity contribution in [1.29, 1.82) is 0 Å². The van der Waals surface area contributed by atoms with Gasteiger partial charge in [0.15, 0.2) is 0 Å². The van der Waals surface area contributed by atoms with Gasteiger partial charge in [0.2, 0.25) is 5.91 Å². The van der Waals surface area contributed by atoms with E-state index in [1.54, 1.807) is 5.38 Å². The molecule has 0 spiro atoms. The zero-order chi connectivity index (χ0) is 14.9. The van der Waals surface area contributed by atoms with Gasteiger partial charge in [-0.2, -0.15) is 0 Å². The lowest BCUT2D eigenvalue weighted by molar-refractivity contribution is -0.123. The molecule has 0 aliphatic heterocycles. The zero-order valence-electron chi connectivity index (χ0n) is 11.3. The lowest BCUT2D eigenvalue weighted by Crippen LogP contribution is -2.36. The first-order chi connectivity index (χ1) is 9.29. The van der Waals surface area contributed by atoms with Crippen LogP contribution in [0.3, 0.4) is 0 Å². The van der Waals surface area contributed by atoms with Crippen LogP contribution >= 0.6 is 27.3 Å². The van der Waals surface area contributed by atoms with Crippen molar-refractivity contribution in [1.82, 2.24) is 4.72 Å². The molecular weight excluding hydrogens is 362 g/mol. The smallest absolute Gasteiger partial charge is 0.273 e. The molecule has 1 aliphatic carbocycles. The van der Waals surface area contributed by atoms with Crippen LogP contribution in [0, 0.1) is 5.92 Å². The van der Waals surface area contributed by atoms with Gasteiger partial charge < -0.3 is 0 Å². The average Bonchev–Trinajstić information content (AvgIpc) is 2.79. The van der Waals surface area contributed by atoms with Gasteiger partial charge in [-0.05, 0) is 55.1 Å². The highest BCUT2D eigenvalue weighted by atomic mass is 79.9. The number of nitrogens with one attached hydrogen (secondary N) is 1. The quantitative estimate of drug-likeness (QED) is 0.820. The molecule has 0 fully saturated rings. The third-order valence-electron chi connectivity index (χ3n) is 3.56. The molecule has 2 rings (SSSR count). The van der Waals surface area contributed by atoms with Crippen molar-refractivity contribution in [2.45, 2.75) is 37.3 Å². The van der Waals surface area contributed by atoms with Gasteiger partial charge in [0.25, 0.3) is 10.0 Å². The van der Waals surface area contributed by atoms with E-state index in [-0.39, 0.29) is 10.1 Å². The molecule has 0 bridgehead atoms. The summed E-state index contributed by atoms with van der Waals surface area (Å²) in [7, 11) is -3.75. The maximum Gasteiger partial charge on any atom is 0.273 e. The molecule has 1 aliphatic rings. The molecule has 1 amide bonds. The van der Waals surface area contributed by atoms with Crippen molar-refractivity contribution in [2.24, 2.45) is 5.92 Å². The summed E-state index contributed by atoms with van der Waals surface area (Å²) in [5.74, 6) is -0.654. The van der Waals surface area contributed by atoms with Crippen molar-refractivity contribution >= 4 is 43.2 Å². The highest BCUT2D eigenvalue weighted by Crippen LogP contribution is 2.30. The molecule has 4 nitrogen and oxygen atoms in total. The molecule has 110 valence electrons. The SMILES string of the molecule is CC1=C(C)CC(C(=O)NS(=O)(=O)c2cc(Br)cs2)CC1. The number of sulfonamides is 1. The van der Waals surface area contributed by atoms with E-state index in [0.29, 0.717) is 17.3 Å². The first kappa shape index (κ1) is 15.7. The first-order valence-corrected chi connectivity index (χ1v) is 9.41. The van der Waals surface area contributed by atoms with Crippen LogP contribution in [0.5, 0.6) is 0 Å². The highest BCUT2D eigenvalue weighted by Gasteiger charge is 2.27. The van der Waals surface area contributed by atoms with Gasteiger partial charge in [-0.1, -0.05) is 11.1 Å². The molecule has 20 heavy (non-hydrogen) atoms. The van der Waals surface area contributed by atoms with Gasteiger partial charge in [0.05, 0.1) is 0 Å². The second-order valence-electron chi connectivity index (χ2n) is 5.05. The van der Waals surface area contributed by atoms with Gasteiger partial charge in [-0.25, -0.2) is 13.1 Å². The number of hydrogen-bond donors (Lipinski definition) is 1. The van der Waals surface area contributed by atoms with E-state index in [2.05, 4.69) is 27.6 Å². The maximum absolute atomic E-state index is 12.1. The molecule has 0 aromatic carbocycles. The van der Waals surface area contributed by atoms with E-state index >= 15 is 0 Å². The minimum atomic E-state index is -3.75. The fraction of sp³-hybridized carbons (Fsp3) is 0.462. The summed E-state index contributed by atoms with van der Waals surface area (Å²) in [5, 5.41) is 1.68.